The lowest BCUT2D eigenvalue weighted by atomic mass is 9.84. The van der Waals surface area contributed by atoms with Gasteiger partial charge in [0.15, 0.2) is 0 Å². The maximum Gasteiger partial charge on any atom is 0.133 e. The van der Waals surface area contributed by atoms with Gasteiger partial charge in [-0.1, -0.05) is 35.6 Å². The molecule has 0 spiro atoms. The zero-order chi connectivity index (χ0) is 17.5. The lowest BCUT2D eigenvalue weighted by molar-refractivity contribution is -0.107. The Morgan fingerprint density at radius 2 is 1.88 bits per heavy atom. The lowest BCUT2D eigenvalue weighted by Crippen LogP contribution is -2.48. The monoisotopic (exact) mass is 366 g/mol. The van der Waals surface area contributed by atoms with E-state index in [0.29, 0.717) is 6.04 Å². The zero-order valence-electron chi connectivity index (χ0n) is 14.6. The van der Waals surface area contributed by atoms with Crippen molar-refractivity contribution in [2.45, 2.75) is 30.6 Å². The van der Waals surface area contributed by atoms with Crippen molar-refractivity contribution in [1.82, 2.24) is 19.9 Å². The van der Waals surface area contributed by atoms with Crippen LogP contribution in [0.5, 0.6) is 0 Å². The van der Waals surface area contributed by atoms with Crippen molar-refractivity contribution in [2.75, 3.05) is 19.6 Å². The summed E-state index contributed by atoms with van der Waals surface area (Å²) in [6.07, 6.45) is 8.69. The fraction of sp³-hybridized carbons (Fsp3) is 0.450. The van der Waals surface area contributed by atoms with Gasteiger partial charge in [-0.2, -0.15) is 0 Å². The van der Waals surface area contributed by atoms with Crippen LogP contribution in [0.1, 0.15) is 30.9 Å². The minimum absolute atomic E-state index is 0.0751. The summed E-state index contributed by atoms with van der Waals surface area (Å²) in [7, 11) is 0. The van der Waals surface area contributed by atoms with Crippen LogP contribution in [0.2, 0.25) is 0 Å². The van der Waals surface area contributed by atoms with Crippen LogP contribution in [0.25, 0.3) is 16.2 Å². The van der Waals surface area contributed by atoms with E-state index in [2.05, 4.69) is 56.4 Å². The lowest BCUT2D eigenvalue weighted by Gasteiger charge is -2.44. The summed E-state index contributed by atoms with van der Waals surface area (Å²) < 4.78 is 2.09. The predicted molar refractivity (Wildman–Crippen MR) is 104 cm³/mol. The number of aromatic nitrogens is 3. The SMILES string of the molecule is O=CC1CC=C(c2ccc(-c3cn(C4CN5CCC4CC5)nn3)cc2)S1. The van der Waals surface area contributed by atoms with E-state index in [9.17, 15) is 4.79 Å². The summed E-state index contributed by atoms with van der Waals surface area (Å²) in [5.74, 6) is 0.744. The van der Waals surface area contributed by atoms with E-state index in [-0.39, 0.29) is 5.25 Å². The van der Waals surface area contributed by atoms with Gasteiger partial charge in [-0.25, -0.2) is 4.68 Å². The van der Waals surface area contributed by atoms with Gasteiger partial charge in [0.2, 0.25) is 0 Å². The summed E-state index contributed by atoms with van der Waals surface area (Å²) in [6, 6.07) is 8.92. The molecule has 0 radical (unpaired) electrons. The summed E-state index contributed by atoms with van der Waals surface area (Å²) in [5, 5.41) is 8.94. The molecular formula is C20H22N4OS. The van der Waals surface area contributed by atoms with E-state index < -0.39 is 0 Å². The molecule has 2 atom stereocenters. The maximum absolute atomic E-state index is 10.9. The normalized spacial score (nSPS) is 30.4. The number of hydrogen-bond acceptors (Lipinski definition) is 5. The number of allylic oxidation sites excluding steroid dienone is 1. The second-order valence-electron chi connectivity index (χ2n) is 7.46. The highest BCUT2D eigenvalue weighted by molar-refractivity contribution is 8.09. The number of aldehydes is 1. The average Bonchev–Trinajstić information content (AvgIpc) is 3.39. The number of thioether (sulfide) groups is 1. The number of benzene rings is 1. The molecule has 3 fully saturated rings. The summed E-state index contributed by atoms with van der Waals surface area (Å²) >= 11 is 1.65. The Morgan fingerprint density at radius 3 is 2.54 bits per heavy atom. The Morgan fingerprint density at radius 1 is 1.12 bits per heavy atom. The molecule has 0 saturated carbocycles. The van der Waals surface area contributed by atoms with E-state index in [1.165, 1.54) is 36.4 Å². The minimum Gasteiger partial charge on any atom is -0.302 e. The number of nitrogens with zero attached hydrogens (tertiary/aromatic N) is 4. The molecule has 2 unspecified atom stereocenters. The van der Waals surface area contributed by atoms with Crippen molar-refractivity contribution in [3.05, 3.63) is 42.1 Å². The quantitative estimate of drug-likeness (QED) is 0.778. The smallest absolute Gasteiger partial charge is 0.133 e. The van der Waals surface area contributed by atoms with E-state index in [4.69, 9.17) is 0 Å². The number of carbonyl (C=O) groups excluding carboxylic acids is 1. The molecule has 2 aromatic rings. The van der Waals surface area contributed by atoms with Crippen molar-refractivity contribution in [2.24, 2.45) is 5.92 Å². The Balaban J connectivity index is 1.33. The summed E-state index contributed by atoms with van der Waals surface area (Å²) in [5.41, 5.74) is 3.21. The third kappa shape index (κ3) is 2.91. The van der Waals surface area contributed by atoms with Crippen LogP contribution in [0.3, 0.4) is 0 Å². The molecule has 1 aromatic heterocycles. The van der Waals surface area contributed by atoms with Gasteiger partial charge < -0.3 is 9.69 Å². The van der Waals surface area contributed by atoms with Gasteiger partial charge in [0, 0.05) is 17.0 Å². The van der Waals surface area contributed by atoms with Crippen LogP contribution in [0.4, 0.5) is 0 Å². The Bertz CT molecular complexity index is 836. The van der Waals surface area contributed by atoms with Crippen molar-refractivity contribution in [3.8, 4) is 11.3 Å². The molecule has 1 aromatic carbocycles. The fourth-order valence-corrected chi connectivity index (χ4v) is 5.40. The third-order valence-corrected chi connectivity index (χ3v) is 7.17. The van der Waals surface area contributed by atoms with Crippen LogP contribution < -0.4 is 0 Å². The topological polar surface area (TPSA) is 51.0 Å². The summed E-state index contributed by atoms with van der Waals surface area (Å²) in [4.78, 5) is 14.7. The molecule has 5 nitrogen and oxygen atoms in total. The molecule has 0 amide bonds. The molecule has 0 N–H and O–H groups in total. The molecule has 3 saturated heterocycles. The van der Waals surface area contributed by atoms with E-state index in [1.807, 2.05) is 0 Å². The second kappa shape index (κ2) is 6.67. The van der Waals surface area contributed by atoms with Gasteiger partial charge in [-0.3, -0.25) is 0 Å². The van der Waals surface area contributed by atoms with Gasteiger partial charge in [-0.05, 0) is 43.8 Å². The second-order valence-corrected chi connectivity index (χ2v) is 8.74. The number of carbonyl (C=O) groups is 1. The van der Waals surface area contributed by atoms with Crippen LogP contribution in [-0.4, -0.2) is 51.1 Å². The van der Waals surface area contributed by atoms with Crippen LogP contribution in [0.15, 0.2) is 36.5 Å². The molecule has 26 heavy (non-hydrogen) atoms. The molecule has 5 heterocycles. The van der Waals surface area contributed by atoms with E-state index in [1.54, 1.807) is 11.8 Å². The van der Waals surface area contributed by atoms with Crippen molar-refractivity contribution >= 4 is 23.0 Å². The average molecular weight is 366 g/mol. The van der Waals surface area contributed by atoms with Gasteiger partial charge in [0.05, 0.1) is 17.5 Å². The van der Waals surface area contributed by atoms with Crippen molar-refractivity contribution in [1.29, 1.82) is 0 Å². The molecule has 134 valence electrons. The minimum atomic E-state index is 0.0751. The molecule has 6 rings (SSSR count). The zero-order valence-corrected chi connectivity index (χ0v) is 15.4. The predicted octanol–water partition coefficient (Wildman–Crippen LogP) is 3.26. The van der Waals surface area contributed by atoms with Gasteiger partial charge in [0.1, 0.15) is 12.0 Å². The number of fused-ring (bicyclic) bond motifs is 3. The third-order valence-electron chi connectivity index (χ3n) is 5.90. The van der Waals surface area contributed by atoms with Crippen LogP contribution in [0, 0.1) is 5.92 Å². The van der Waals surface area contributed by atoms with Crippen LogP contribution in [-0.2, 0) is 4.79 Å². The standard InChI is InChI=1S/C20H22N4OS/c25-13-17-5-6-20(26-17)16-3-1-14(2-4-16)18-11-24(22-21-18)19-12-23-9-7-15(19)8-10-23/h1-4,6,11,13,15,17,19H,5,7-10,12H2. The molecule has 4 aliphatic heterocycles. The first-order valence-corrected chi connectivity index (χ1v) is 10.3. The van der Waals surface area contributed by atoms with Crippen molar-refractivity contribution < 1.29 is 4.79 Å². The van der Waals surface area contributed by atoms with Gasteiger partial charge in [0.25, 0.3) is 0 Å². The highest BCUT2D eigenvalue weighted by atomic mass is 32.2. The first-order chi connectivity index (χ1) is 12.8. The first-order valence-electron chi connectivity index (χ1n) is 9.37. The molecule has 2 bridgehead atoms. The van der Waals surface area contributed by atoms with Crippen molar-refractivity contribution in [3.63, 3.8) is 0 Å². The first kappa shape index (κ1) is 16.3. The highest BCUT2D eigenvalue weighted by Gasteiger charge is 2.35. The Labute approximate surface area is 157 Å². The van der Waals surface area contributed by atoms with Gasteiger partial charge >= 0.3 is 0 Å². The molecule has 6 heteroatoms. The molecule has 4 aliphatic rings. The summed E-state index contributed by atoms with van der Waals surface area (Å²) in [6.45, 7) is 3.59. The highest BCUT2D eigenvalue weighted by Crippen LogP contribution is 2.39. The number of hydrogen-bond donors (Lipinski definition) is 0. The largest absolute Gasteiger partial charge is 0.302 e. The van der Waals surface area contributed by atoms with E-state index in [0.717, 1.165) is 36.4 Å². The van der Waals surface area contributed by atoms with Gasteiger partial charge in [-0.15, -0.1) is 16.9 Å². The maximum atomic E-state index is 10.9. The Hall–Kier alpha value is -1.92. The Kier molecular flexibility index (Phi) is 4.17. The van der Waals surface area contributed by atoms with E-state index >= 15 is 0 Å². The number of rotatable bonds is 4. The number of piperidine rings is 3. The fourth-order valence-electron chi connectivity index (χ4n) is 4.36. The van der Waals surface area contributed by atoms with Crippen LogP contribution >= 0.6 is 11.8 Å². The molecular weight excluding hydrogens is 344 g/mol. The molecule has 0 aliphatic carbocycles.